The number of amides is 1. The van der Waals surface area contributed by atoms with E-state index < -0.39 is 27.1 Å². The van der Waals surface area contributed by atoms with E-state index in [-0.39, 0.29) is 11.3 Å². The Morgan fingerprint density at radius 2 is 1.61 bits per heavy atom. The number of nitro groups is 2. The number of phenols is 1. The number of nitrogens with one attached hydrogen (secondary N) is 1. The molecule has 10 heteroatoms. The summed E-state index contributed by atoms with van der Waals surface area (Å²) in [4.78, 5) is 32.1. The number of non-ortho nitro benzene ring substituents is 2. The van der Waals surface area contributed by atoms with Crippen LogP contribution in [0, 0.1) is 20.2 Å². The van der Waals surface area contributed by atoms with Crippen LogP contribution in [0.25, 0.3) is 0 Å². The van der Waals surface area contributed by atoms with Crippen molar-refractivity contribution in [3.8, 4) is 5.75 Å². The Kier molecular flexibility index (Phi) is 4.55. The predicted octanol–water partition coefficient (Wildman–Crippen LogP) is 3.22. The minimum atomic E-state index is -0.819. The Morgan fingerprint density at radius 1 is 1.04 bits per heavy atom. The third kappa shape index (κ3) is 3.80. The number of carbonyl (C=O) groups excluding carboxylic acids is 1. The van der Waals surface area contributed by atoms with Crippen LogP contribution in [0.4, 0.5) is 17.1 Å². The molecule has 0 aliphatic carbocycles. The van der Waals surface area contributed by atoms with Gasteiger partial charge in [0.2, 0.25) is 0 Å². The molecule has 0 unspecified atom stereocenters. The van der Waals surface area contributed by atoms with Gasteiger partial charge in [0.05, 0.1) is 25.9 Å². The third-order valence-corrected chi connectivity index (χ3v) is 3.43. The van der Waals surface area contributed by atoms with Gasteiger partial charge in [-0.25, -0.2) is 0 Å². The van der Waals surface area contributed by atoms with Crippen LogP contribution in [-0.2, 0) is 0 Å². The second-order valence-electron chi connectivity index (χ2n) is 4.37. The molecule has 2 aromatic rings. The molecule has 0 aliphatic heterocycles. The SMILES string of the molecule is O=C(Nc1ccc(O)c(Br)c1)c1cc([N+](=O)[O-])cc([N+](=O)[O-])c1. The number of benzene rings is 2. The Morgan fingerprint density at radius 3 is 2.09 bits per heavy atom. The Hall–Kier alpha value is -3.01. The molecule has 0 saturated heterocycles. The van der Waals surface area contributed by atoms with Crippen molar-refractivity contribution in [2.45, 2.75) is 0 Å². The van der Waals surface area contributed by atoms with E-state index in [0.29, 0.717) is 10.2 Å². The standard InChI is InChI=1S/C13H8BrN3O6/c14-11-5-8(1-2-12(11)18)15-13(19)7-3-9(16(20)21)6-10(4-7)17(22)23/h1-6,18H,(H,15,19). The van der Waals surface area contributed by atoms with E-state index in [4.69, 9.17) is 0 Å². The maximum atomic E-state index is 12.1. The summed E-state index contributed by atoms with van der Waals surface area (Å²) in [7, 11) is 0. The average Bonchev–Trinajstić information content (AvgIpc) is 2.50. The highest BCUT2D eigenvalue weighted by molar-refractivity contribution is 9.10. The van der Waals surface area contributed by atoms with Gasteiger partial charge in [-0.3, -0.25) is 25.0 Å². The maximum Gasteiger partial charge on any atom is 0.277 e. The average molecular weight is 382 g/mol. The van der Waals surface area contributed by atoms with Crippen LogP contribution in [0.5, 0.6) is 5.75 Å². The van der Waals surface area contributed by atoms with E-state index in [1.165, 1.54) is 18.2 Å². The van der Waals surface area contributed by atoms with Crippen LogP contribution in [0.2, 0.25) is 0 Å². The normalized spacial score (nSPS) is 10.1. The number of phenolic OH excluding ortho intramolecular Hbond substituents is 1. The third-order valence-electron chi connectivity index (χ3n) is 2.79. The van der Waals surface area contributed by atoms with Gasteiger partial charge in [0.1, 0.15) is 5.75 Å². The molecule has 0 saturated carbocycles. The smallest absolute Gasteiger partial charge is 0.277 e. The molecule has 0 aliphatic rings. The number of nitro benzene ring substituents is 2. The topological polar surface area (TPSA) is 136 Å². The summed E-state index contributed by atoms with van der Waals surface area (Å²) in [5.41, 5.74) is -1.04. The van der Waals surface area contributed by atoms with Crippen molar-refractivity contribution in [3.05, 3.63) is 66.7 Å². The van der Waals surface area contributed by atoms with Gasteiger partial charge in [-0.2, -0.15) is 0 Å². The Bertz CT molecular complexity index is 791. The van der Waals surface area contributed by atoms with Crippen molar-refractivity contribution >= 4 is 38.9 Å². The summed E-state index contributed by atoms with van der Waals surface area (Å²) < 4.78 is 0.334. The lowest BCUT2D eigenvalue weighted by atomic mass is 10.1. The molecule has 9 nitrogen and oxygen atoms in total. The zero-order valence-electron chi connectivity index (χ0n) is 11.2. The monoisotopic (exact) mass is 381 g/mol. The van der Waals surface area contributed by atoms with E-state index in [0.717, 1.165) is 18.2 Å². The first kappa shape index (κ1) is 16.4. The highest BCUT2D eigenvalue weighted by Gasteiger charge is 2.20. The molecule has 0 bridgehead atoms. The van der Waals surface area contributed by atoms with Crippen molar-refractivity contribution < 1.29 is 19.7 Å². The fourth-order valence-corrected chi connectivity index (χ4v) is 2.10. The molecule has 2 aromatic carbocycles. The van der Waals surface area contributed by atoms with E-state index in [9.17, 15) is 30.1 Å². The van der Waals surface area contributed by atoms with E-state index >= 15 is 0 Å². The van der Waals surface area contributed by atoms with Crippen molar-refractivity contribution in [2.24, 2.45) is 0 Å². The van der Waals surface area contributed by atoms with Crippen molar-refractivity contribution in [3.63, 3.8) is 0 Å². The number of hydrogen-bond acceptors (Lipinski definition) is 6. The van der Waals surface area contributed by atoms with Gasteiger partial charge in [-0.1, -0.05) is 0 Å². The second kappa shape index (κ2) is 6.40. The number of hydrogen-bond donors (Lipinski definition) is 2. The molecular weight excluding hydrogens is 374 g/mol. The van der Waals surface area contributed by atoms with Crippen LogP contribution in [0.3, 0.4) is 0 Å². The first-order valence-electron chi connectivity index (χ1n) is 6.01. The number of carbonyl (C=O) groups is 1. The first-order chi connectivity index (χ1) is 10.8. The number of anilines is 1. The molecule has 0 heterocycles. The molecular formula is C13H8BrN3O6. The van der Waals surface area contributed by atoms with Crippen molar-refractivity contribution in [1.82, 2.24) is 0 Å². The van der Waals surface area contributed by atoms with E-state index in [1.807, 2.05) is 0 Å². The summed E-state index contributed by atoms with van der Waals surface area (Å²) in [5.74, 6) is -0.789. The summed E-state index contributed by atoms with van der Waals surface area (Å²) >= 11 is 3.07. The highest BCUT2D eigenvalue weighted by atomic mass is 79.9. The molecule has 23 heavy (non-hydrogen) atoms. The van der Waals surface area contributed by atoms with Gasteiger partial charge >= 0.3 is 0 Å². The number of nitrogens with zero attached hydrogens (tertiary/aromatic N) is 2. The summed E-state index contributed by atoms with van der Waals surface area (Å²) in [6.07, 6.45) is 0. The van der Waals surface area contributed by atoms with Gasteiger partial charge in [0, 0.05) is 17.8 Å². The largest absolute Gasteiger partial charge is 0.507 e. The zero-order valence-corrected chi connectivity index (χ0v) is 12.8. The lowest BCUT2D eigenvalue weighted by Gasteiger charge is -2.06. The predicted molar refractivity (Wildman–Crippen MR) is 83.5 cm³/mol. The Balaban J connectivity index is 2.36. The fourth-order valence-electron chi connectivity index (χ4n) is 1.72. The van der Waals surface area contributed by atoms with Crippen molar-refractivity contribution in [1.29, 1.82) is 0 Å². The molecule has 2 rings (SSSR count). The lowest BCUT2D eigenvalue weighted by molar-refractivity contribution is -0.394. The number of halogens is 1. The summed E-state index contributed by atoms with van der Waals surface area (Å²) in [6.45, 7) is 0. The maximum absolute atomic E-state index is 12.1. The van der Waals surface area contributed by atoms with Crippen LogP contribution >= 0.6 is 15.9 Å². The van der Waals surface area contributed by atoms with Crippen LogP contribution < -0.4 is 5.32 Å². The first-order valence-corrected chi connectivity index (χ1v) is 6.81. The molecule has 0 aromatic heterocycles. The minimum absolute atomic E-state index is 0.0333. The summed E-state index contributed by atoms with van der Waals surface area (Å²) in [5, 5.41) is 33.4. The second-order valence-corrected chi connectivity index (χ2v) is 5.23. The van der Waals surface area contributed by atoms with E-state index in [1.54, 1.807) is 0 Å². The molecule has 0 radical (unpaired) electrons. The van der Waals surface area contributed by atoms with Crippen LogP contribution in [0.15, 0.2) is 40.9 Å². The molecule has 0 atom stereocenters. The minimum Gasteiger partial charge on any atom is -0.507 e. The molecule has 2 N–H and O–H groups in total. The van der Waals surface area contributed by atoms with Gasteiger partial charge < -0.3 is 10.4 Å². The van der Waals surface area contributed by atoms with Crippen molar-refractivity contribution in [2.75, 3.05) is 5.32 Å². The Labute approximate surface area is 137 Å². The van der Waals surface area contributed by atoms with Crippen LogP contribution in [-0.4, -0.2) is 20.9 Å². The van der Waals surface area contributed by atoms with Crippen LogP contribution in [0.1, 0.15) is 10.4 Å². The number of aromatic hydroxyl groups is 1. The highest BCUT2D eigenvalue weighted by Crippen LogP contribution is 2.28. The fraction of sp³-hybridized carbons (Fsp3) is 0. The van der Waals surface area contributed by atoms with Gasteiger partial charge in [0.25, 0.3) is 17.3 Å². The molecule has 0 spiro atoms. The van der Waals surface area contributed by atoms with Gasteiger partial charge in [-0.15, -0.1) is 0 Å². The summed E-state index contributed by atoms with van der Waals surface area (Å²) in [6, 6.07) is 6.81. The van der Waals surface area contributed by atoms with Gasteiger partial charge in [-0.05, 0) is 34.1 Å². The molecule has 118 valence electrons. The molecule has 1 amide bonds. The lowest BCUT2D eigenvalue weighted by Crippen LogP contribution is -2.12. The molecule has 0 fully saturated rings. The van der Waals surface area contributed by atoms with Gasteiger partial charge in [0.15, 0.2) is 0 Å². The quantitative estimate of drug-likeness (QED) is 0.473. The number of rotatable bonds is 4. The zero-order chi connectivity index (χ0) is 17.1. The van der Waals surface area contributed by atoms with E-state index in [2.05, 4.69) is 21.2 Å².